The zero-order valence-electron chi connectivity index (χ0n) is 15.8. The number of nitrogens with one attached hydrogen (secondary N) is 2. The highest BCUT2D eigenvalue weighted by Crippen LogP contribution is 2.37. The molecule has 0 saturated carbocycles. The highest BCUT2D eigenvalue weighted by molar-refractivity contribution is 14.0. The Morgan fingerprint density at radius 1 is 1.24 bits per heavy atom. The molecule has 6 nitrogen and oxygen atoms in total. The Bertz CT molecular complexity index is 435. The van der Waals surface area contributed by atoms with Crippen molar-refractivity contribution in [3.8, 4) is 0 Å². The summed E-state index contributed by atoms with van der Waals surface area (Å²) in [5.41, 5.74) is 0. The third-order valence-electron chi connectivity index (χ3n) is 4.75. The van der Waals surface area contributed by atoms with Gasteiger partial charge in [0.15, 0.2) is 5.96 Å². The van der Waals surface area contributed by atoms with Crippen LogP contribution in [0.1, 0.15) is 33.6 Å². The van der Waals surface area contributed by atoms with Crippen molar-refractivity contribution in [3.05, 3.63) is 0 Å². The average molecular weight is 483 g/mol. The topological polar surface area (TPSA) is 60.0 Å². The van der Waals surface area contributed by atoms with E-state index >= 15 is 0 Å². The van der Waals surface area contributed by atoms with Gasteiger partial charge < -0.3 is 15.5 Å². The SMILES string of the molecule is CCNC(=NCC1(C)CCCS1)NCCN1CCN(C(C)=O)CC1.I. The Labute approximate surface area is 174 Å². The lowest BCUT2D eigenvalue weighted by molar-refractivity contribution is -0.130. The minimum Gasteiger partial charge on any atom is -0.357 e. The number of hydrogen-bond donors (Lipinski definition) is 2. The fourth-order valence-corrected chi connectivity index (χ4v) is 4.39. The van der Waals surface area contributed by atoms with Gasteiger partial charge in [-0.15, -0.1) is 24.0 Å². The van der Waals surface area contributed by atoms with E-state index in [-0.39, 0.29) is 29.9 Å². The third-order valence-corrected chi connectivity index (χ3v) is 6.28. The minimum atomic E-state index is 0. The standard InChI is InChI=1S/C17H33N5OS.HI/c1-4-18-16(20-14-17(3)6-5-13-24-17)19-7-8-21-9-11-22(12-10-21)15(2)23;/h4-14H2,1-3H3,(H2,18,19,20);1H. The maximum Gasteiger partial charge on any atom is 0.219 e. The number of halogens is 1. The smallest absolute Gasteiger partial charge is 0.219 e. The Morgan fingerprint density at radius 2 is 1.96 bits per heavy atom. The van der Waals surface area contributed by atoms with Crippen LogP contribution in [0.2, 0.25) is 0 Å². The fourth-order valence-electron chi connectivity index (χ4n) is 3.17. The van der Waals surface area contributed by atoms with Crippen LogP contribution in [-0.2, 0) is 4.79 Å². The summed E-state index contributed by atoms with van der Waals surface area (Å²) in [4.78, 5) is 20.5. The summed E-state index contributed by atoms with van der Waals surface area (Å²) in [5.74, 6) is 2.38. The second kappa shape index (κ2) is 11.5. The lowest BCUT2D eigenvalue weighted by atomic mass is 10.1. The van der Waals surface area contributed by atoms with Crippen LogP contribution >= 0.6 is 35.7 Å². The summed E-state index contributed by atoms with van der Waals surface area (Å²) in [6.07, 6.45) is 2.58. The molecule has 0 spiro atoms. The molecule has 146 valence electrons. The van der Waals surface area contributed by atoms with E-state index < -0.39 is 0 Å². The van der Waals surface area contributed by atoms with E-state index in [1.807, 2.05) is 4.90 Å². The van der Waals surface area contributed by atoms with Crippen LogP contribution in [0.15, 0.2) is 4.99 Å². The molecule has 1 amide bonds. The van der Waals surface area contributed by atoms with Crippen molar-refractivity contribution in [1.82, 2.24) is 20.4 Å². The molecule has 0 aromatic heterocycles. The van der Waals surface area contributed by atoms with Gasteiger partial charge in [-0.25, -0.2) is 0 Å². The van der Waals surface area contributed by atoms with Gasteiger partial charge in [0.05, 0.1) is 6.54 Å². The van der Waals surface area contributed by atoms with E-state index in [1.165, 1.54) is 18.6 Å². The first-order valence-corrected chi connectivity index (χ1v) is 10.1. The molecule has 0 aromatic carbocycles. The van der Waals surface area contributed by atoms with E-state index in [4.69, 9.17) is 4.99 Å². The molecule has 0 radical (unpaired) electrons. The number of hydrogen-bond acceptors (Lipinski definition) is 4. The lowest BCUT2D eigenvalue weighted by Gasteiger charge is -2.34. The molecule has 2 fully saturated rings. The van der Waals surface area contributed by atoms with Gasteiger partial charge in [0.25, 0.3) is 0 Å². The van der Waals surface area contributed by atoms with E-state index in [0.29, 0.717) is 4.75 Å². The number of piperazine rings is 1. The van der Waals surface area contributed by atoms with E-state index in [9.17, 15) is 4.79 Å². The van der Waals surface area contributed by atoms with Crippen molar-refractivity contribution in [1.29, 1.82) is 0 Å². The van der Waals surface area contributed by atoms with Crippen molar-refractivity contribution in [3.63, 3.8) is 0 Å². The molecule has 0 bridgehead atoms. The molecular weight excluding hydrogens is 449 g/mol. The van der Waals surface area contributed by atoms with E-state index in [1.54, 1.807) is 6.92 Å². The van der Waals surface area contributed by atoms with Crippen molar-refractivity contribution in [2.45, 2.75) is 38.4 Å². The third kappa shape index (κ3) is 7.90. The molecule has 8 heteroatoms. The highest BCUT2D eigenvalue weighted by Gasteiger charge is 2.29. The molecule has 2 saturated heterocycles. The lowest BCUT2D eigenvalue weighted by Crippen LogP contribution is -2.50. The van der Waals surface area contributed by atoms with Gasteiger partial charge in [-0.1, -0.05) is 0 Å². The number of guanidine groups is 1. The van der Waals surface area contributed by atoms with Gasteiger partial charge >= 0.3 is 0 Å². The number of rotatable bonds is 6. The maximum absolute atomic E-state index is 11.4. The first kappa shape index (κ1) is 22.8. The number of amides is 1. The second-order valence-electron chi connectivity index (χ2n) is 6.87. The van der Waals surface area contributed by atoms with Crippen LogP contribution in [0.5, 0.6) is 0 Å². The van der Waals surface area contributed by atoms with Crippen LogP contribution in [-0.4, -0.2) is 84.5 Å². The molecule has 2 aliphatic heterocycles. The zero-order chi connectivity index (χ0) is 17.4. The summed E-state index contributed by atoms with van der Waals surface area (Å²) in [7, 11) is 0. The highest BCUT2D eigenvalue weighted by atomic mass is 127. The van der Waals surface area contributed by atoms with Gasteiger partial charge in [0.1, 0.15) is 0 Å². The van der Waals surface area contributed by atoms with Crippen molar-refractivity contribution < 1.29 is 4.79 Å². The first-order chi connectivity index (χ1) is 11.5. The molecule has 2 aliphatic rings. The molecule has 2 rings (SSSR count). The number of nitrogens with zero attached hydrogens (tertiary/aromatic N) is 3. The summed E-state index contributed by atoms with van der Waals surface area (Å²) in [5, 5.41) is 6.79. The Kier molecular flexibility index (Phi) is 10.5. The molecule has 1 unspecified atom stereocenters. The van der Waals surface area contributed by atoms with Crippen molar-refractivity contribution in [2.24, 2.45) is 4.99 Å². The Hall–Kier alpha value is -0.220. The van der Waals surface area contributed by atoms with E-state index in [0.717, 1.165) is 58.3 Å². The fraction of sp³-hybridized carbons (Fsp3) is 0.882. The second-order valence-corrected chi connectivity index (χ2v) is 8.55. The van der Waals surface area contributed by atoms with Crippen LogP contribution in [0.25, 0.3) is 0 Å². The van der Waals surface area contributed by atoms with E-state index in [2.05, 4.69) is 41.1 Å². The molecule has 2 N–H and O–H groups in total. The van der Waals surface area contributed by atoms with Crippen LogP contribution < -0.4 is 10.6 Å². The summed E-state index contributed by atoms with van der Waals surface area (Å²) >= 11 is 2.05. The molecular formula is C17H34IN5OS. The van der Waals surface area contributed by atoms with Crippen molar-refractivity contribution >= 4 is 47.6 Å². The quantitative estimate of drug-likeness (QED) is 0.342. The predicted molar refractivity (Wildman–Crippen MR) is 118 cm³/mol. The zero-order valence-corrected chi connectivity index (χ0v) is 19.0. The number of aliphatic imine (C=N–C) groups is 1. The molecule has 1 atom stereocenters. The predicted octanol–water partition coefficient (Wildman–Crippen LogP) is 1.61. The summed E-state index contributed by atoms with van der Waals surface area (Å²) in [6.45, 7) is 13.3. The first-order valence-electron chi connectivity index (χ1n) is 9.16. The Morgan fingerprint density at radius 3 is 2.52 bits per heavy atom. The molecule has 0 aromatic rings. The van der Waals surface area contributed by atoms with Crippen LogP contribution in [0, 0.1) is 0 Å². The van der Waals surface area contributed by atoms with Crippen LogP contribution in [0.4, 0.5) is 0 Å². The maximum atomic E-state index is 11.4. The van der Waals surface area contributed by atoms with Gasteiger partial charge in [-0.2, -0.15) is 11.8 Å². The number of carbonyl (C=O) groups excluding carboxylic acids is 1. The van der Waals surface area contributed by atoms with Crippen molar-refractivity contribution in [2.75, 3.05) is 58.1 Å². The number of carbonyl (C=O) groups is 1. The normalized spacial score (nSPS) is 24.8. The minimum absolute atomic E-state index is 0. The average Bonchev–Trinajstić information content (AvgIpc) is 3.00. The molecule has 0 aliphatic carbocycles. The van der Waals surface area contributed by atoms with Crippen LogP contribution in [0.3, 0.4) is 0 Å². The Balaban J connectivity index is 0.00000312. The molecule has 2 heterocycles. The van der Waals surface area contributed by atoms with Gasteiger partial charge in [-0.05, 0) is 32.4 Å². The monoisotopic (exact) mass is 483 g/mol. The summed E-state index contributed by atoms with van der Waals surface area (Å²) in [6, 6.07) is 0. The van der Waals surface area contributed by atoms with Gasteiger partial charge in [0.2, 0.25) is 5.91 Å². The van der Waals surface area contributed by atoms with Gasteiger partial charge in [0, 0.05) is 57.5 Å². The van der Waals surface area contributed by atoms with Gasteiger partial charge in [-0.3, -0.25) is 14.7 Å². The number of thioether (sulfide) groups is 1. The summed E-state index contributed by atoms with van der Waals surface area (Å²) < 4.78 is 0.311. The molecule has 25 heavy (non-hydrogen) atoms. The largest absolute Gasteiger partial charge is 0.357 e.